The number of ketones is 1. The summed E-state index contributed by atoms with van der Waals surface area (Å²) in [6.45, 7) is 3.66. The number of carbonyl (C=O) groups excluding carboxylic acids is 2. The highest BCUT2D eigenvalue weighted by Gasteiger charge is 2.20. The van der Waals surface area contributed by atoms with E-state index < -0.39 is 6.10 Å². The fraction of sp³-hybridized carbons (Fsp3) is 0.600. The van der Waals surface area contributed by atoms with E-state index in [1.54, 1.807) is 6.08 Å². The molecule has 0 radical (unpaired) electrons. The first-order valence-corrected chi connectivity index (χ1v) is 6.75. The highest BCUT2D eigenvalue weighted by Crippen LogP contribution is 2.18. The Bertz CT molecular complexity index is 380. The van der Waals surface area contributed by atoms with Crippen molar-refractivity contribution in [1.29, 1.82) is 0 Å². The Morgan fingerprint density at radius 1 is 1.53 bits per heavy atom. The van der Waals surface area contributed by atoms with E-state index in [1.807, 2.05) is 26.0 Å². The van der Waals surface area contributed by atoms with Gasteiger partial charge in [0.15, 0.2) is 5.78 Å². The molecule has 1 atom stereocenters. The Morgan fingerprint density at radius 3 is 2.84 bits per heavy atom. The largest absolute Gasteiger partial charge is 0.463 e. The van der Waals surface area contributed by atoms with Gasteiger partial charge in [-0.15, -0.1) is 0 Å². The number of unbranched alkanes of at least 4 members (excludes halogenated alkanes) is 1. The summed E-state index contributed by atoms with van der Waals surface area (Å²) in [6, 6.07) is 0. The zero-order valence-corrected chi connectivity index (χ0v) is 11.6. The Morgan fingerprint density at radius 2 is 2.26 bits per heavy atom. The number of hydrogen-bond acceptors (Lipinski definition) is 4. The number of rotatable bonds is 7. The molecule has 1 aliphatic rings. The summed E-state index contributed by atoms with van der Waals surface area (Å²) < 4.78 is 5.02. The lowest BCUT2D eigenvalue weighted by molar-refractivity contribution is -0.147. The van der Waals surface area contributed by atoms with Gasteiger partial charge in [0.1, 0.15) is 0 Å². The predicted octanol–water partition coefficient (Wildman–Crippen LogP) is 2.31. The van der Waals surface area contributed by atoms with Crippen LogP contribution in [0.5, 0.6) is 0 Å². The van der Waals surface area contributed by atoms with Gasteiger partial charge < -0.3 is 9.84 Å². The van der Waals surface area contributed by atoms with Crippen molar-refractivity contribution in [3.63, 3.8) is 0 Å². The standard InChI is InChI=1S/C15H22O4/c1-11(2)19-15(18)8-6-4-3-5-7-12-9-13(16)10-14(12)17/h3,5,9,11,13,16H,4,6-8,10H2,1-2H3/b5-3-. The molecule has 19 heavy (non-hydrogen) atoms. The molecule has 0 saturated heterocycles. The van der Waals surface area contributed by atoms with Gasteiger partial charge in [-0.05, 0) is 44.8 Å². The van der Waals surface area contributed by atoms with E-state index in [9.17, 15) is 14.7 Å². The Kier molecular flexibility index (Phi) is 6.50. The predicted molar refractivity (Wildman–Crippen MR) is 72.5 cm³/mol. The summed E-state index contributed by atoms with van der Waals surface area (Å²) in [7, 11) is 0. The molecule has 1 N–H and O–H groups in total. The Labute approximate surface area is 114 Å². The molecular formula is C15H22O4. The molecule has 0 fully saturated rings. The van der Waals surface area contributed by atoms with Crippen LogP contribution in [0.1, 0.15) is 46.0 Å². The van der Waals surface area contributed by atoms with Gasteiger partial charge in [0.2, 0.25) is 0 Å². The van der Waals surface area contributed by atoms with Gasteiger partial charge in [-0.25, -0.2) is 0 Å². The molecule has 0 aliphatic heterocycles. The van der Waals surface area contributed by atoms with Crippen LogP contribution in [0, 0.1) is 0 Å². The van der Waals surface area contributed by atoms with Gasteiger partial charge in [-0.3, -0.25) is 9.59 Å². The van der Waals surface area contributed by atoms with Crippen molar-refractivity contribution in [2.24, 2.45) is 0 Å². The summed E-state index contributed by atoms with van der Waals surface area (Å²) in [5.41, 5.74) is 0.683. The zero-order chi connectivity index (χ0) is 14.3. The Hall–Kier alpha value is -1.42. The molecule has 0 heterocycles. The maximum absolute atomic E-state index is 11.4. The second-order valence-electron chi connectivity index (χ2n) is 4.99. The molecule has 0 aromatic heterocycles. The fourth-order valence-electron chi connectivity index (χ4n) is 1.90. The van der Waals surface area contributed by atoms with Crippen molar-refractivity contribution in [3.05, 3.63) is 23.8 Å². The summed E-state index contributed by atoms with van der Waals surface area (Å²) in [4.78, 5) is 22.6. The normalized spacial score (nSPS) is 19.3. The zero-order valence-electron chi connectivity index (χ0n) is 11.6. The lowest BCUT2D eigenvalue weighted by Crippen LogP contribution is -2.10. The first kappa shape index (κ1) is 15.6. The number of carbonyl (C=O) groups is 2. The fourth-order valence-corrected chi connectivity index (χ4v) is 1.90. The maximum Gasteiger partial charge on any atom is 0.306 e. The van der Waals surface area contributed by atoms with Gasteiger partial charge in [-0.1, -0.05) is 12.2 Å². The van der Waals surface area contributed by atoms with Crippen LogP contribution in [0.4, 0.5) is 0 Å². The van der Waals surface area contributed by atoms with E-state index in [-0.39, 0.29) is 24.3 Å². The number of ether oxygens (including phenoxy) is 1. The van der Waals surface area contributed by atoms with E-state index in [1.165, 1.54) is 0 Å². The minimum absolute atomic E-state index is 0.0256. The molecule has 4 heteroatoms. The van der Waals surface area contributed by atoms with Crippen LogP contribution in [-0.2, 0) is 14.3 Å². The average Bonchev–Trinajstić information content (AvgIpc) is 2.61. The first-order chi connectivity index (χ1) is 8.99. The highest BCUT2D eigenvalue weighted by atomic mass is 16.5. The van der Waals surface area contributed by atoms with Crippen molar-refractivity contribution >= 4 is 11.8 Å². The SMILES string of the molecule is CC(C)OC(=O)CCC/C=C\CC1=CC(O)CC1=O. The van der Waals surface area contributed by atoms with Crippen LogP contribution < -0.4 is 0 Å². The Balaban J connectivity index is 2.13. The first-order valence-electron chi connectivity index (χ1n) is 6.75. The lowest BCUT2D eigenvalue weighted by atomic mass is 10.1. The van der Waals surface area contributed by atoms with Crippen LogP contribution in [0.2, 0.25) is 0 Å². The molecule has 0 bridgehead atoms. The minimum atomic E-state index is -0.610. The average molecular weight is 266 g/mol. The van der Waals surface area contributed by atoms with Crippen LogP contribution in [-0.4, -0.2) is 29.1 Å². The molecule has 0 aromatic carbocycles. The van der Waals surface area contributed by atoms with Crippen LogP contribution >= 0.6 is 0 Å². The molecular weight excluding hydrogens is 244 g/mol. The molecule has 1 rings (SSSR count). The topological polar surface area (TPSA) is 63.6 Å². The second kappa shape index (κ2) is 7.89. The van der Waals surface area contributed by atoms with Gasteiger partial charge in [0.25, 0.3) is 0 Å². The molecule has 4 nitrogen and oxygen atoms in total. The molecule has 0 saturated carbocycles. The number of aliphatic hydroxyl groups is 1. The summed E-state index contributed by atoms with van der Waals surface area (Å²) in [5, 5.41) is 9.27. The smallest absolute Gasteiger partial charge is 0.306 e. The molecule has 0 spiro atoms. The van der Waals surface area contributed by atoms with Crippen molar-refractivity contribution in [1.82, 2.24) is 0 Å². The molecule has 106 valence electrons. The minimum Gasteiger partial charge on any atom is -0.463 e. The number of allylic oxidation sites excluding steroid dienone is 3. The van der Waals surface area contributed by atoms with E-state index >= 15 is 0 Å². The van der Waals surface area contributed by atoms with E-state index in [0.29, 0.717) is 18.4 Å². The third-order valence-electron chi connectivity index (χ3n) is 2.77. The number of hydrogen-bond donors (Lipinski definition) is 1. The highest BCUT2D eigenvalue weighted by molar-refractivity contribution is 5.98. The van der Waals surface area contributed by atoms with Crippen LogP contribution in [0.3, 0.4) is 0 Å². The third-order valence-corrected chi connectivity index (χ3v) is 2.77. The molecule has 1 aliphatic carbocycles. The van der Waals surface area contributed by atoms with Gasteiger partial charge in [0, 0.05) is 12.8 Å². The summed E-state index contributed by atoms with van der Waals surface area (Å²) in [5.74, 6) is -0.141. The lowest BCUT2D eigenvalue weighted by Gasteiger charge is -2.06. The van der Waals surface area contributed by atoms with Crippen molar-refractivity contribution in [2.75, 3.05) is 0 Å². The monoisotopic (exact) mass is 266 g/mol. The number of esters is 1. The van der Waals surface area contributed by atoms with Crippen molar-refractivity contribution < 1.29 is 19.4 Å². The van der Waals surface area contributed by atoms with Crippen molar-refractivity contribution in [3.8, 4) is 0 Å². The third kappa shape index (κ3) is 6.34. The molecule has 0 amide bonds. The van der Waals surface area contributed by atoms with Gasteiger partial charge in [-0.2, -0.15) is 0 Å². The van der Waals surface area contributed by atoms with Crippen molar-refractivity contribution in [2.45, 2.75) is 58.2 Å². The van der Waals surface area contributed by atoms with E-state index in [0.717, 1.165) is 12.8 Å². The number of aliphatic hydroxyl groups excluding tert-OH is 1. The second-order valence-corrected chi connectivity index (χ2v) is 4.99. The quantitative estimate of drug-likeness (QED) is 0.436. The number of Topliss-reactive ketones (excluding diaryl/α,β-unsaturated/α-hetero) is 1. The maximum atomic E-state index is 11.4. The van der Waals surface area contributed by atoms with Crippen LogP contribution in [0.25, 0.3) is 0 Å². The van der Waals surface area contributed by atoms with Gasteiger partial charge in [0.05, 0.1) is 12.2 Å². The van der Waals surface area contributed by atoms with E-state index in [2.05, 4.69) is 0 Å². The van der Waals surface area contributed by atoms with Crippen LogP contribution in [0.15, 0.2) is 23.8 Å². The molecule has 1 unspecified atom stereocenters. The summed E-state index contributed by atoms with van der Waals surface area (Å²) >= 11 is 0. The molecule has 0 aromatic rings. The van der Waals surface area contributed by atoms with E-state index in [4.69, 9.17) is 4.74 Å². The van der Waals surface area contributed by atoms with Gasteiger partial charge >= 0.3 is 5.97 Å². The summed E-state index contributed by atoms with van der Waals surface area (Å²) in [6.07, 6.45) is 7.55.